The summed E-state index contributed by atoms with van der Waals surface area (Å²) >= 11 is 0. The predicted octanol–water partition coefficient (Wildman–Crippen LogP) is 3.57. The number of carbonyl (C=O) groups excluding carboxylic acids is 1. The number of unbranched alkanes of at least 4 members (excludes halogenated alkanes) is 2. The molecule has 0 spiro atoms. The zero-order valence-electron chi connectivity index (χ0n) is 12.2. The lowest BCUT2D eigenvalue weighted by Crippen LogP contribution is -2.31. The van der Waals surface area contributed by atoms with E-state index >= 15 is 0 Å². The van der Waals surface area contributed by atoms with E-state index in [4.69, 9.17) is 0 Å². The quantitative estimate of drug-likeness (QED) is 0.425. The topological polar surface area (TPSA) is 67.3 Å². The van der Waals surface area contributed by atoms with Crippen molar-refractivity contribution < 1.29 is 14.7 Å². The van der Waals surface area contributed by atoms with Crippen molar-refractivity contribution in [3.63, 3.8) is 0 Å². The summed E-state index contributed by atoms with van der Waals surface area (Å²) in [6.45, 7) is 4.06. The molecule has 1 N–H and O–H groups in total. The number of aromatic nitrogens is 1. The SMILES string of the molecule is CCCCCC(CC)C(C(=O)O)C(=O)c1cccnc1. The van der Waals surface area contributed by atoms with Crippen LogP contribution in [0, 0.1) is 11.8 Å². The van der Waals surface area contributed by atoms with Gasteiger partial charge in [-0.2, -0.15) is 0 Å². The molecule has 1 heterocycles. The number of carbonyl (C=O) groups is 2. The molecule has 0 saturated carbocycles. The average molecular weight is 277 g/mol. The molecule has 0 aliphatic rings. The van der Waals surface area contributed by atoms with Gasteiger partial charge in [0.2, 0.25) is 0 Å². The Morgan fingerprint density at radius 1 is 1.30 bits per heavy atom. The first-order valence-electron chi connectivity index (χ1n) is 7.28. The van der Waals surface area contributed by atoms with Crippen molar-refractivity contribution in [2.45, 2.75) is 46.0 Å². The van der Waals surface area contributed by atoms with Crippen LogP contribution in [0.2, 0.25) is 0 Å². The summed E-state index contributed by atoms with van der Waals surface area (Å²) in [5, 5.41) is 9.42. The van der Waals surface area contributed by atoms with Crippen LogP contribution in [0.1, 0.15) is 56.3 Å². The summed E-state index contributed by atoms with van der Waals surface area (Å²) in [5.41, 5.74) is 0.383. The Labute approximate surface area is 120 Å². The second kappa shape index (κ2) is 8.46. The maximum absolute atomic E-state index is 12.4. The smallest absolute Gasteiger partial charge is 0.314 e. The number of hydrogen-bond donors (Lipinski definition) is 1. The molecule has 1 aromatic rings. The lowest BCUT2D eigenvalue weighted by molar-refractivity contribution is -0.141. The fourth-order valence-electron chi connectivity index (χ4n) is 2.48. The van der Waals surface area contributed by atoms with Gasteiger partial charge in [-0.1, -0.05) is 39.5 Å². The lowest BCUT2D eigenvalue weighted by atomic mass is 9.81. The molecule has 0 aliphatic carbocycles. The van der Waals surface area contributed by atoms with E-state index in [9.17, 15) is 14.7 Å². The molecule has 1 rings (SSSR count). The molecule has 1 aromatic heterocycles. The summed E-state index contributed by atoms with van der Waals surface area (Å²) in [6, 6.07) is 3.29. The number of nitrogens with zero attached hydrogens (tertiary/aromatic N) is 1. The second-order valence-electron chi connectivity index (χ2n) is 5.09. The van der Waals surface area contributed by atoms with Crippen LogP contribution in [-0.2, 0) is 4.79 Å². The minimum absolute atomic E-state index is 0.105. The third-order valence-corrected chi connectivity index (χ3v) is 3.67. The maximum atomic E-state index is 12.4. The van der Waals surface area contributed by atoms with Crippen LogP contribution < -0.4 is 0 Å². The number of ketones is 1. The van der Waals surface area contributed by atoms with E-state index in [1.807, 2.05) is 6.92 Å². The molecular weight excluding hydrogens is 254 g/mol. The third kappa shape index (κ3) is 4.44. The monoisotopic (exact) mass is 277 g/mol. The van der Waals surface area contributed by atoms with Crippen LogP contribution in [0.3, 0.4) is 0 Å². The molecule has 0 saturated heterocycles. The van der Waals surface area contributed by atoms with Crippen molar-refractivity contribution in [2.24, 2.45) is 11.8 Å². The van der Waals surface area contributed by atoms with Crippen LogP contribution in [0.15, 0.2) is 24.5 Å². The summed E-state index contributed by atoms with van der Waals surface area (Å²) in [6.07, 6.45) is 7.63. The van der Waals surface area contributed by atoms with Gasteiger partial charge in [0.1, 0.15) is 5.92 Å². The van der Waals surface area contributed by atoms with Crippen LogP contribution in [0.5, 0.6) is 0 Å². The van der Waals surface area contributed by atoms with Crippen molar-refractivity contribution in [1.29, 1.82) is 0 Å². The van der Waals surface area contributed by atoms with Gasteiger partial charge in [0, 0.05) is 18.0 Å². The first-order valence-corrected chi connectivity index (χ1v) is 7.28. The van der Waals surface area contributed by atoms with Gasteiger partial charge in [0.15, 0.2) is 5.78 Å². The highest BCUT2D eigenvalue weighted by Crippen LogP contribution is 2.26. The molecule has 0 fully saturated rings. The first kappa shape index (κ1) is 16.3. The second-order valence-corrected chi connectivity index (χ2v) is 5.09. The predicted molar refractivity (Wildman–Crippen MR) is 77.6 cm³/mol. The first-order chi connectivity index (χ1) is 9.61. The molecule has 0 radical (unpaired) electrons. The Bertz CT molecular complexity index is 431. The van der Waals surface area contributed by atoms with Crippen LogP contribution in [0.25, 0.3) is 0 Å². The van der Waals surface area contributed by atoms with Gasteiger partial charge in [-0.15, -0.1) is 0 Å². The Kier molecular flexibility index (Phi) is 6.91. The van der Waals surface area contributed by atoms with E-state index in [2.05, 4.69) is 11.9 Å². The molecule has 0 aromatic carbocycles. The van der Waals surface area contributed by atoms with E-state index in [-0.39, 0.29) is 11.7 Å². The summed E-state index contributed by atoms with van der Waals surface area (Å²) in [4.78, 5) is 27.8. The van der Waals surface area contributed by atoms with Crippen LogP contribution in [-0.4, -0.2) is 21.8 Å². The van der Waals surface area contributed by atoms with Gasteiger partial charge in [0.05, 0.1) is 0 Å². The lowest BCUT2D eigenvalue weighted by Gasteiger charge is -2.21. The standard InChI is InChI=1S/C16H23NO3/c1-3-5-6-8-12(4-2)14(16(19)20)15(18)13-9-7-10-17-11-13/h7,9-12,14H,3-6,8H2,1-2H3,(H,19,20). The molecule has 4 nitrogen and oxygen atoms in total. The molecule has 2 atom stereocenters. The van der Waals surface area contributed by atoms with E-state index in [0.29, 0.717) is 12.0 Å². The molecular formula is C16H23NO3. The van der Waals surface area contributed by atoms with Gasteiger partial charge in [-0.25, -0.2) is 0 Å². The summed E-state index contributed by atoms with van der Waals surface area (Å²) < 4.78 is 0. The zero-order valence-corrected chi connectivity index (χ0v) is 12.2. The van der Waals surface area contributed by atoms with Crippen molar-refractivity contribution in [3.05, 3.63) is 30.1 Å². The maximum Gasteiger partial charge on any atom is 0.314 e. The fraction of sp³-hybridized carbons (Fsp3) is 0.562. The average Bonchev–Trinajstić information content (AvgIpc) is 2.46. The zero-order chi connectivity index (χ0) is 15.0. The molecule has 0 aliphatic heterocycles. The highest BCUT2D eigenvalue weighted by molar-refractivity contribution is 6.08. The Balaban J connectivity index is 2.86. The van der Waals surface area contributed by atoms with Crippen molar-refractivity contribution in [2.75, 3.05) is 0 Å². The largest absolute Gasteiger partial charge is 0.481 e. The minimum atomic E-state index is -1.03. The van der Waals surface area contributed by atoms with E-state index in [1.165, 1.54) is 6.20 Å². The normalized spacial score (nSPS) is 13.7. The third-order valence-electron chi connectivity index (χ3n) is 3.67. The van der Waals surface area contributed by atoms with Crippen molar-refractivity contribution in [3.8, 4) is 0 Å². The van der Waals surface area contributed by atoms with Gasteiger partial charge in [-0.05, 0) is 24.5 Å². The van der Waals surface area contributed by atoms with Crippen LogP contribution >= 0.6 is 0 Å². The van der Waals surface area contributed by atoms with E-state index < -0.39 is 11.9 Å². The van der Waals surface area contributed by atoms with Gasteiger partial charge in [0.25, 0.3) is 0 Å². The minimum Gasteiger partial charge on any atom is -0.481 e. The fourth-order valence-corrected chi connectivity index (χ4v) is 2.48. The number of hydrogen-bond acceptors (Lipinski definition) is 3. The summed E-state index contributed by atoms with van der Waals surface area (Å²) in [5.74, 6) is -2.41. The Hall–Kier alpha value is -1.71. The van der Waals surface area contributed by atoms with Crippen molar-refractivity contribution in [1.82, 2.24) is 4.98 Å². The number of carboxylic acid groups (broad SMARTS) is 1. The van der Waals surface area contributed by atoms with Crippen molar-refractivity contribution >= 4 is 11.8 Å². The van der Waals surface area contributed by atoms with Gasteiger partial charge >= 0.3 is 5.97 Å². The molecule has 2 unspecified atom stereocenters. The highest BCUT2D eigenvalue weighted by atomic mass is 16.4. The molecule has 20 heavy (non-hydrogen) atoms. The number of aliphatic carboxylic acids is 1. The molecule has 0 bridgehead atoms. The number of pyridine rings is 1. The van der Waals surface area contributed by atoms with E-state index in [0.717, 1.165) is 25.7 Å². The van der Waals surface area contributed by atoms with Gasteiger partial charge < -0.3 is 5.11 Å². The summed E-state index contributed by atoms with van der Waals surface area (Å²) in [7, 11) is 0. The highest BCUT2D eigenvalue weighted by Gasteiger charge is 2.34. The van der Waals surface area contributed by atoms with Crippen LogP contribution in [0.4, 0.5) is 0 Å². The molecule has 110 valence electrons. The number of rotatable bonds is 9. The number of Topliss-reactive ketones (excluding diaryl/α,β-unsaturated/α-hetero) is 1. The molecule has 0 amide bonds. The van der Waals surface area contributed by atoms with E-state index in [1.54, 1.807) is 18.3 Å². The van der Waals surface area contributed by atoms with Gasteiger partial charge in [-0.3, -0.25) is 14.6 Å². The molecule has 4 heteroatoms. The number of carboxylic acids is 1. The Morgan fingerprint density at radius 3 is 2.55 bits per heavy atom. The Morgan fingerprint density at radius 2 is 2.05 bits per heavy atom.